The fourth-order valence-corrected chi connectivity index (χ4v) is 5.96. The third-order valence-corrected chi connectivity index (χ3v) is 7.19. The lowest BCUT2D eigenvalue weighted by molar-refractivity contribution is 1.36. The van der Waals surface area contributed by atoms with Crippen molar-refractivity contribution in [3.8, 4) is 0 Å². The monoisotopic (exact) mass is 182 g/mol. The Morgan fingerprint density at radius 2 is 2.11 bits per heavy atom. The van der Waals surface area contributed by atoms with Gasteiger partial charge in [-0.15, -0.1) is 11.8 Å². The molecule has 1 aliphatic heterocycles. The molecule has 0 radical (unpaired) electrons. The van der Waals surface area contributed by atoms with Crippen LogP contribution in [0.3, 0.4) is 0 Å². The molecule has 3 heteroatoms. The van der Waals surface area contributed by atoms with E-state index < -0.39 is 0 Å². The second kappa shape index (κ2) is 4.04. The van der Waals surface area contributed by atoms with Gasteiger partial charge in [-0.3, -0.25) is 0 Å². The summed E-state index contributed by atoms with van der Waals surface area (Å²) in [6.45, 7) is 0. The van der Waals surface area contributed by atoms with Gasteiger partial charge in [0, 0.05) is 21.8 Å². The molecule has 0 spiro atoms. The molecule has 0 bridgehead atoms. The second-order valence-corrected chi connectivity index (χ2v) is 7.72. The van der Waals surface area contributed by atoms with Gasteiger partial charge in [-0.05, 0) is 12.5 Å². The summed E-state index contributed by atoms with van der Waals surface area (Å²) in [5, 5.41) is 0. The van der Waals surface area contributed by atoms with Crippen LogP contribution in [-0.4, -0.2) is 34.4 Å². The Morgan fingerprint density at radius 1 is 1.33 bits per heavy atom. The Labute approximate surface area is 68.9 Å². The first-order valence-electron chi connectivity index (χ1n) is 3.16. The van der Waals surface area contributed by atoms with Crippen LogP contribution in [0.1, 0.15) is 0 Å². The Balaban J connectivity index is 2.23. The molecule has 1 saturated heterocycles. The molecule has 0 N–H and O–H groups in total. The minimum Gasteiger partial charge on any atom is -0.247 e. The minimum absolute atomic E-state index is 0.323. The maximum atomic E-state index is 2.39. The smallest absolute Gasteiger partial charge is 0.0411 e. The van der Waals surface area contributed by atoms with Crippen molar-refractivity contribution in [3.05, 3.63) is 0 Å². The van der Waals surface area contributed by atoms with Crippen molar-refractivity contribution in [3.63, 3.8) is 0 Å². The molecule has 1 unspecified atom stereocenters. The third-order valence-electron chi connectivity index (χ3n) is 1.37. The zero-order valence-electron chi connectivity index (χ0n) is 5.96. The molecule has 56 valence electrons. The van der Waals surface area contributed by atoms with Gasteiger partial charge in [0.25, 0.3) is 0 Å². The molecule has 1 atom stereocenters. The highest BCUT2D eigenvalue weighted by Crippen LogP contribution is 2.37. The largest absolute Gasteiger partial charge is 0.247 e. The fourth-order valence-electron chi connectivity index (χ4n) is 0.773. The average Bonchev–Trinajstić information content (AvgIpc) is 1.90. The van der Waals surface area contributed by atoms with Crippen LogP contribution in [0.5, 0.6) is 0 Å². The predicted octanol–water partition coefficient (Wildman–Crippen LogP) is 2.05. The Kier molecular flexibility index (Phi) is 3.66. The summed E-state index contributed by atoms with van der Waals surface area (Å²) in [5.41, 5.74) is 0. The van der Waals surface area contributed by atoms with Crippen molar-refractivity contribution >= 4 is 34.4 Å². The lowest BCUT2D eigenvalue weighted by Gasteiger charge is -2.26. The molecule has 0 aromatic carbocycles. The van der Waals surface area contributed by atoms with Gasteiger partial charge in [-0.1, -0.05) is 0 Å². The van der Waals surface area contributed by atoms with Crippen molar-refractivity contribution in [2.45, 2.75) is 4.58 Å². The van der Waals surface area contributed by atoms with Crippen molar-refractivity contribution in [2.75, 3.05) is 29.8 Å². The van der Waals surface area contributed by atoms with Gasteiger partial charge >= 0.3 is 0 Å². The number of thioether (sulfide) groups is 2. The van der Waals surface area contributed by atoms with Crippen LogP contribution in [0, 0.1) is 0 Å². The Hall–Kier alpha value is 1.05. The van der Waals surface area contributed by atoms with Crippen LogP contribution in [-0.2, 0) is 0 Å². The maximum absolute atomic E-state index is 2.39. The van der Waals surface area contributed by atoms with Gasteiger partial charge in [-0.25, -0.2) is 10.9 Å². The van der Waals surface area contributed by atoms with E-state index in [4.69, 9.17) is 0 Å². The first kappa shape index (κ1) is 8.15. The molecule has 0 nitrogen and oxygen atoms in total. The molecule has 0 amide bonds. The van der Waals surface area contributed by atoms with E-state index in [1.165, 1.54) is 17.3 Å². The van der Waals surface area contributed by atoms with E-state index >= 15 is 0 Å². The van der Waals surface area contributed by atoms with Gasteiger partial charge in [-0.2, -0.15) is 11.8 Å². The molecule has 1 aliphatic rings. The minimum atomic E-state index is 0.323. The summed E-state index contributed by atoms with van der Waals surface area (Å²) in [7, 11) is 0.323. The highest BCUT2D eigenvalue weighted by molar-refractivity contribution is 8.28. The lowest BCUT2D eigenvalue weighted by Crippen LogP contribution is -2.12. The normalized spacial score (nSPS) is 30.0. The van der Waals surface area contributed by atoms with E-state index in [9.17, 15) is 0 Å². The zero-order valence-corrected chi connectivity index (χ0v) is 8.49. The van der Waals surface area contributed by atoms with Crippen molar-refractivity contribution in [1.29, 1.82) is 0 Å². The summed E-state index contributed by atoms with van der Waals surface area (Å²) in [5.74, 6) is 4.17. The van der Waals surface area contributed by atoms with Crippen molar-refractivity contribution in [1.82, 2.24) is 0 Å². The predicted molar refractivity (Wildman–Crippen MR) is 54.4 cm³/mol. The Bertz CT molecular complexity index is 76.4. The molecule has 0 aromatic heterocycles. The van der Waals surface area contributed by atoms with Crippen LogP contribution in [0.4, 0.5) is 0 Å². The van der Waals surface area contributed by atoms with Gasteiger partial charge in [0.1, 0.15) is 0 Å². The maximum Gasteiger partial charge on any atom is 0.0411 e. The molecule has 0 saturated carbocycles. The first-order chi connectivity index (χ1) is 4.30. The van der Waals surface area contributed by atoms with E-state index in [0.29, 0.717) is 10.9 Å². The molecule has 0 aromatic rings. The van der Waals surface area contributed by atoms with Gasteiger partial charge in [0.15, 0.2) is 0 Å². The number of hydrogen-bond donors (Lipinski definition) is 1. The molecule has 0 aliphatic carbocycles. The highest BCUT2D eigenvalue weighted by atomic mass is 32.2. The molecule has 9 heavy (non-hydrogen) atoms. The lowest BCUT2D eigenvalue weighted by atomic mass is 10.9. The van der Waals surface area contributed by atoms with Gasteiger partial charge in [0.05, 0.1) is 0 Å². The summed E-state index contributed by atoms with van der Waals surface area (Å²) < 4.78 is 0.999. The van der Waals surface area contributed by atoms with Crippen molar-refractivity contribution < 1.29 is 0 Å². The van der Waals surface area contributed by atoms with Crippen LogP contribution in [0.25, 0.3) is 0 Å². The van der Waals surface area contributed by atoms with E-state index in [2.05, 4.69) is 36.0 Å². The number of hydrogen-bond acceptors (Lipinski definition) is 2. The summed E-state index contributed by atoms with van der Waals surface area (Å²) in [6.07, 6.45) is 4.78. The summed E-state index contributed by atoms with van der Waals surface area (Å²) >= 11 is 4.31. The van der Waals surface area contributed by atoms with E-state index in [1.54, 1.807) is 0 Å². The molecule has 1 heterocycles. The highest BCUT2D eigenvalue weighted by Gasteiger charge is 2.14. The van der Waals surface area contributed by atoms with Gasteiger partial charge < -0.3 is 0 Å². The van der Waals surface area contributed by atoms with Crippen molar-refractivity contribution in [2.24, 2.45) is 0 Å². The van der Waals surface area contributed by atoms with E-state index in [0.717, 1.165) is 4.58 Å². The topological polar surface area (TPSA) is 0 Å². The fraction of sp³-hybridized carbons (Fsp3) is 1.00. The SMILES string of the molecule is C[SH](C)C1CSCCS1. The number of rotatable bonds is 1. The average molecular weight is 182 g/mol. The second-order valence-electron chi connectivity index (χ2n) is 2.36. The van der Waals surface area contributed by atoms with Crippen LogP contribution < -0.4 is 0 Å². The molecule has 1 rings (SSSR count). The standard InChI is InChI=1S/C6H14S3/c1-9(2)6-5-7-3-4-8-6/h6,9H,3-5H2,1-2H3. The summed E-state index contributed by atoms with van der Waals surface area (Å²) in [4.78, 5) is 0. The Morgan fingerprint density at radius 3 is 2.44 bits per heavy atom. The third kappa shape index (κ3) is 2.64. The molecule has 1 fully saturated rings. The van der Waals surface area contributed by atoms with E-state index in [-0.39, 0.29) is 0 Å². The number of thiol groups is 1. The van der Waals surface area contributed by atoms with Gasteiger partial charge in [0.2, 0.25) is 0 Å². The molecular formula is C6H14S3. The van der Waals surface area contributed by atoms with Crippen LogP contribution >= 0.6 is 34.4 Å². The summed E-state index contributed by atoms with van der Waals surface area (Å²) in [6, 6.07) is 0. The molecular weight excluding hydrogens is 168 g/mol. The van der Waals surface area contributed by atoms with Crippen LogP contribution in [0.2, 0.25) is 0 Å². The first-order valence-corrected chi connectivity index (χ1v) is 7.67. The quantitative estimate of drug-likeness (QED) is 0.617. The van der Waals surface area contributed by atoms with E-state index in [1.807, 2.05) is 0 Å². The zero-order chi connectivity index (χ0) is 6.69. The van der Waals surface area contributed by atoms with Crippen LogP contribution in [0.15, 0.2) is 0 Å².